The largest absolute Gasteiger partial charge is 0.378 e. The quantitative estimate of drug-likeness (QED) is 0.748. The van der Waals surface area contributed by atoms with Crippen LogP contribution in [0.5, 0.6) is 0 Å². The number of hydrogen-bond acceptors (Lipinski definition) is 3. The van der Waals surface area contributed by atoms with Gasteiger partial charge in [0.2, 0.25) is 0 Å². The molecule has 3 heteroatoms. The van der Waals surface area contributed by atoms with Crippen molar-refractivity contribution in [2.45, 2.75) is 50.7 Å². The smallest absolute Gasteiger partial charge is 0.0576 e. The van der Waals surface area contributed by atoms with E-state index >= 15 is 0 Å². The zero-order chi connectivity index (χ0) is 11.4. The van der Waals surface area contributed by atoms with Crippen LogP contribution < -0.4 is 5.73 Å². The molecule has 1 unspecified atom stereocenters. The number of ether oxygens (including phenoxy) is 1. The minimum atomic E-state index is 0.491. The zero-order valence-corrected chi connectivity index (χ0v) is 10.5. The molecule has 0 amide bonds. The molecule has 1 aliphatic heterocycles. The Bertz CT molecular complexity index is 198. The van der Waals surface area contributed by atoms with Gasteiger partial charge in [0.1, 0.15) is 0 Å². The molecule has 0 radical (unpaired) electrons. The fraction of sp³-hybridized carbons (Fsp3) is 1.00. The van der Waals surface area contributed by atoms with Gasteiger partial charge in [-0.25, -0.2) is 0 Å². The van der Waals surface area contributed by atoms with Crippen LogP contribution in [-0.4, -0.2) is 43.8 Å². The van der Waals surface area contributed by atoms with Crippen molar-refractivity contribution in [1.29, 1.82) is 0 Å². The van der Waals surface area contributed by atoms with Gasteiger partial charge in [-0.05, 0) is 58.0 Å². The van der Waals surface area contributed by atoms with Crippen LogP contribution in [0.3, 0.4) is 0 Å². The van der Waals surface area contributed by atoms with E-state index in [1.54, 1.807) is 0 Å². The van der Waals surface area contributed by atoms with Crippen molar-refractivity contribution in [3.63, 3.8) is 0 Å². The maximum absolute atomic E-state index is 5.79. The molecule has 0 aromatic rings. The summed E-state index contributed by atoms with van der Waals surface area (Å²) in [6.07, 6.45) is 8.09. The van der Waals surface area contributed by atoms with Gasteiger partial charge < -0.3 is 15.4 Å². The van der Waals surface area contributed by atoms with Crippen molar-refractivity contribution >= 4 is 0 Å². The third kappa shape index (κ3) is 3.72. The van der Waals surface area contributed by atoms with Gasteiger partial charge in [0.25, 0.3) is 0 Å². The molecule has 2 fully saturated rings. The lowest BCUT2D eigenvalue weighted by Gasteiger charge is -2.35. The minimum Gasteiger partial charge on any atom is -0.378 e. The number of rotatable bonds is 6. The summed E-state index contributed by atoms with van der Waals surface area (Å²) >= 11 is 0. The summed E-state index contributed by atoms with van der Waals surface area (Å²) in [5, 5.41) is 0. The van der Waals surface area contributed by atoms with Crippen LogP contribution >= 0.6 is 0 Å². The third-order valence-electron chi connectivity index (χ3n) is 3.93. The van der Waals surface area contributed by atoms with E-state index in [2.05, 4.69) is 11.9 Å². The molecule has 1 atom stereocenters. The van der Waals surface area contributed by atoms with Crippen molar-refractivity contribution < 1.29 is 4.74 Å². The summed E-state index contributed by atoms with van der Waals surface area (Å²) in [4.78, 5) is 2.46. The highest BCUT2D eigenvalue weighted by Gasteiger charge is 2.26. The Labute approximate surface area is 99.3 Å². The second-order valence-corrected chi connectivity index (χ2v) is 5.64. The maximum atomic E-state index is 5.79. The second kappa shape index (κ2) is 5.99. The monoisotopic (exact) mass is 226 g/mol. The average molecular weight is 226 g/mol. The van der Waals surface area contributed by atoms with Gasteiger partial charge in [0.15, 0.2) is 0 Å². The van der Waals surface area contributed by atoms with Crippen LogP contribution in [0, 0.1) is 5.92 Å². The van der Waals surface area contributed by atoms with Crippen LogP contribution in [0.1, 0.15) is 38.5 Å². The minimum absolute atomic E-state index is 0.491. The van der Waals surface area contributed by atoms with Gasteiger partial charge >= 0.3 is 0 Å². The van der Waals surface area contributed by atoms with Crippen molar-refractivity contribution in [3.8, 4) is 0 Å². The lowest BCUT2D eigenvalue weighted by atomic mass is 9.80. The molecule has 16 heavy (non-hydrogen) atoms. The van der Waals surface area contributed by atoms with Crippen molar-refractivity contribution in [1.82, 2.24) is 4.90 Å². The van der Waals surface area contributed by atoms with E-state index < -0.39 is 0 Å². The van der Waals surface area contributed by atoms with Gasteiger partial charge in [-0.3, -0.25) is 0 Å². The highest BCUT2D eigenvalue weighted by atomic mass is 16.5. The fourth-order valence-corrected chi connectivity index (χ4v) is 2.93. The molecule has 1 heterocycles. The maximum Gasteiger partial charge on any atom is 0.0576 e. The Morgan fingerprint density at radius 1 is 1.38 bits per heavy atom. The number of nitrogens with two attached hydrogens (primary N) is 1. The lowest BCUT2D eigenvalue weighted by molar-refractivity contribution is 0.0977. The first-order chi connectivity index (χ1) is 7.74. The SMILES string of the molecule is CN(CCCC1CCCO1)CC1CC(N)C1. The molecule has 0 aromatic carbocycles. The summed E-state index contributed by atoms with van der Waals surface area (Å²) in [6.45, 7) is 3.44. The van der Waals surface area contributed by atoms with Gasteiger partial charge in [-0.1, -0.05) is 0 Å². The van der Waals surface area contributed by atoms with E-state index in [1.165, 1.54) is 51.6 Å². The summed E-state index contributed by atoms with van der Waals surface area (Å²) in [7, 11) is 2.24. The van der Waals surface area contributed by atoms with Crippen LogP contribution in [-0.2, 0) is 4.74 Å². The molecule has 2 N–H and O–H groups in total. The topological polar surface area (TPSA) is 38.5 Å². The van der Waals surface area contributed by atoms with Crippen molar-refractivity contribution in [2.75, 3.05) is 26.7 Å². The van der Waals surface area contributed by atoms with Crippen LogP contribution in [0.15, 0.2) is 0 Å². The first kappa shape index (κ1) is 12.3. The Morgan fingerprint density at radius 3 is 2.81 bits per heavy atom. The predicted molar refractivity (Wildman–Crippen MR) is 66.4 cm³/mol. The summed E-state index contributed by atoms with van der Waals surface area (Å²) < 4.78 is 5.63. The first-order valence-corrected chi connectivity index (χ1v) is 6.80. The molecule has 1 saturated carbocycles. The van der Waals surface area contributed by atoms with Crippen LogP contribution in [0.2, 0.25) is 0 Å². The van der Waals surface area contributed by atoms with E-state index in [1.807, 2.05) is 0 Å². The summed E-state index contributed by atoms with van der Waals surface area (Å²) in [5.41, 5.74) is 5.79. The van der Waals surface area contributed by atoms with Gasteiger partial charge in [0.05, 0.1) is 6.10 Å². The molecular weight excluding hydrogens is 200 g/mol. The second-order valence-electron chi connectivity index (χ2n) is 5.64. The van der Waals surface area contributed by atoms with Crippen LogP contribution in [0.4, 0.5) is 0 Å². The summed E-state index contributed by atoms with van der Waals surface area (Å²) in [6, 6.07) is 0.491. The number of hydrogen-bond donors (Lipinski definition) is 1. The molecule has 1 saturated heterocycles. The molecular formula is C13H26N2O. The summed E-state index contributed by atoms with van der Waals surface area (Å²) in [5.74, 6) is 0.864. The van der Waals surface area contributed by atoms with E-state index in [-0.39, 0.29) is 0 Å². The van der Waals surface area contributed by atoms with Crippen molar-refractivity contribution in [2.24, 2.45) is 11.7 Å². The molecule has 2 aliphatic rings. The Morgan fingerprint density at radius 2 is 2.19 bits per heavy atom. The van der Waals surface area contributed by atoms with E-state index in [9.17, 15) is 0 Å². The lowest BCUT2D eigenvalue weighted by Crippen LogP contribution is -2.42. The van der Waals surface area contributed by atoms with Crippen molar-refractivity contribution in [3.05, 3.63) is 0 Å². The van der Waals surface area contributed by atoms with E-state index in [0.29, 0.717) is 12.1 Å². The van der Waals surface area contributed by atoms with Gasteiger partial charge in [-0.2, -0.15) is 0 Å². The Hall–Kier alpha value is -0.120. The zero-order valence-electron chi connectivity index (χ0n) is 10.5. The van der Waals surface area contributed by atoms with E-state index in [4.69, 9.17) is 10.5 Å². The Kier molecular flexibility index (Phi) is 4.62. The van der Waals surface area contributed by atoms with E-state index in [0.717, 1.165) is 12.5 Å². The van der Waals surface area contributed by atoms with Gasteiger partial charge in [-0.15, -0.1) is 0 Å². The average Bonchev–Trinajstić information content (AvgIpc) is 2.68. The standard InChI is InChI=1S/C13H26N2O/c1-15(10-11-8-12(14)9-11)6-2-4-13-5-3-7-16-13/h11-13H,2-10,14H2,1H3. The molecule has 3 nitrogen and oxygen atoms in total. The highest BCUT2D eigenvalue weighted by molar-refractivity contribution is 4.83. The number of nitrogens with zero attached hydrogens (tertiary/aromatic N) is 1. The molecule has 0 bridgehead atoms. The van der Waals surface area contributed by atoms with Gasteiger partial charge in [0, 0.05) is 19.2 Å². The van der Waals surface area contributed by atoms with Crippen LogP contribution in [0.25, 0.3) is 0 Å². The molecule has 2 rings (SSSR count). The molecule has 94 valence electrons. The third-order valence-corrected chi connectivity index (χ3v) is 3.93. The highest BCUT2D eigenvalue weighted by Crippen LogP contribution is 2.26. The molecule has 0 aromatic heterocycles. The molecule has 0 spiro atoms. The first-order valence-electron chi connectivity index (χ1n) is 6.80. The predicted octanol–water partition coefficient (Wildman–Crippen LogP) is 1.61. The molecule has 1 aliphatic carbocycles. The fourth-order valence-electron chi connectivity index (χ4n) is 2.93. The normalized spacial score (nSPS) is 34.3. The Balaban J connectivity index is 1.48.